The predicted octanol–water partition coefficient (Wildman–Crippen LogP) is 2.69. The Morgan fingerprint density at radius 2 is 1.86 bits per heavy atom. The Morgan fingerprint density at radius 3 is 2.36 bits per heavy atom. The summed E-state index contributed by atoms with van der Waals surface area (Å²) in [7, 11) is 1.62. The van der Waals surface area contributed by atoms with Gasteiger partial charge in [-0.2, -0.15) is 0 Å². The number of rotatable bonds is 3. The zero-order valence-corrected chi connectivity index (χ0v) is 13.5. The summed E-state index contributed by atoms with van der Waals surface area (Å²) < 4.78 is 10.5. The lowest BCUT2D eigenvalue weighted by atomic mass is 10.0. The third-order valence-electron chi connectivity index (χ3n) is 3.44. The van der Waals surface area contributed by atoms with Crippen molar-refractivity contribution in [2.45, 2.75) is 26.4 Å². The number of benzene rings is 1. The third-order valence-corrected chi connectivity index (χ3v) is 3.44. The van der Waals surface area contributed by atoms with Gasteiger partial charge in [0.1, 0.15) is 11.4 Å². The van der Waals surface area contributed by atoms with Crippen molar-refractivity contribution in [3.8, 4) is 5.75 Å². The van der Waals surface area contributed by atoms with Crippen LogP contribution in [0.15, 0.2) is 29.8 Å². The molecule has 120 valence electrons. The summed E-state index contributed by atoms with van der Waals surface area (Å²) in [5.74, 6) is 0.775. The number of methoxy groups -OCH3 is 1. The number of amides is 1. The molecule has 22 heavy (non-hydrogen) atoms. The summed E-state index contributed by atoms with van der Waals surface area (Å²) in [5, 5.41) is 9.57. The zero-order chi connectivity index (χ0) is 16.3. The second-order valence-electron chi connectivity index (χ2n) is 6.31. The van der Waals surface area contributed by atoms with Crippen LogP contribution in [-0.2, 0) is 4.74 Å². The van der Waals surface area contributed by atoms with Gasteiger partial charge in [0.25, 0.3) is 0 Å². The molecule has 1 aliphatic rings. The van der Waals surface area contributed by atoms with Gasteiger partial charge in [0, 0.05) is 6.54 Å². The molecule has 0 saturated heterocycles. The lowest BCUT2D eigenvalue weighted by Gasteiger charge is -2.24. The lowest BCUT2D eigenvalue weighted by molar-refractivity contribution is 0.0301. The maximum absolute atomic E-state index is 12.2. The third kappa shape index (κ3) is 3.80. The Morgan fingerprint density at radius 1 is 1.23 bits per heavy atom. The Hall–Kier alpha value is -2.01. The molecule has 2 rings (SSSR count). The summed E-state index contributed by atoms with van der Waals surface area (Å²) in [5.41, 5.74) is 2.27. The monoisotopic (exact) mass is 305 g/mol. The topological polar surface area (TPSA) is 59.0 Å². The number of carbonyl (C=O) groups excluding carboxylic acids is 1. The largest absolute Gasteiger partial charge is 0.497 e. The van der Waals surface area contributed by atoms with E-state index in [-0.39, 0.29) is 12.7 Å². The van der Waals surface area contributed by atoms with Crippen molar-refractivity contribution in [2.75, 3.05) is 26.8 Å². The molecular weight excluding hydrogens is 282 g/mol. The maximum atomic E-state index is 12.2. The summed E-state index contributed by atoms with van der Waals surface area (Å²) in [4.78, 5) is 13.8. The minimum absolute atomic E-state index is 0.0688. The van der Waals surface area contributed by atoms with Crippen molar-refractivity contribution in [3.05, 3.63) is 35.4 Å². The molecule has 0 aliphatic carbocycles. The molecule has 0 bridgehead atoms. The lowest BCUT2D eigenvalue weighted by Crippen LogP contribution is -2.35. The van der Waals surface area contributed by atoms with E-state index in [1.54, 1.807) is 12.0 Å². The van der Waals surface area contributed by atoms with Crippen LogP contribution in [0.1, 0.15) is 26.3 Å². The Balaban J connectivity index is 2.15. The first kappa shape index (κ1) is 16.4. The number of hydrogen-bond acceptors (Lipinski definition) is 4. The predicted molar refractivity (Wildman–Crippen MR) is 84.8 cm³/mol. The molecule has 1 amide bonds. The molecule has 1 aromatic rings. The van der Waals surface area contributed by atoms with Crippen molar-refractivity contribution in [3.63, 3.8) is 0 Å². The average Bonchev–Trinajstić information content (AvgIpc) is 2.90. The van der Waals surface area contributed by atoms with Crippen LogP contribution in [0.5, 0.6) is 5.75 Å². The van der Waals surface area contributed by atoms with Gasteiger partial charge in [-0.25, -0.2) is 4.79 Å². The molecule has 0 aromatic heterocycles. The molecule has 0 atom stereocenters. The van der Waals surface area contributed by atoms with Gasteiger partial charge < -0.3 is 14.6 Å². The molecular formula is C17H23NO4. The quantitative estimate of drug-likeness (QED) is 0.933. The Kier molecular flexibility index (Phi) is 4.76. The second kappa shape index (κ2) is 6.40. The van der Waals surface area contributed by atoms with Gasteiger partial charge in [0.05, 0.1) is 20.3 Å². The van der Waals surface area contributed by atoms with Crippen molar-refractivity contribution in [1.82, 2.24) is 4.90 Å². The van der Waals surface area contributed by atoms with Crippen LogP contribution in [0.2, 0.25) is 0 Å². The minimum Gasteiger partial charge on any atom is -0.497 e. The molecule has 1 heterocycles. The van der Waals surface area contributed by atoms with Crippen LogP contribution in [0.3, 0.4) is 0 Å². The van der Waals surface area contributed by atoms with E-state index in [0.717, 1.165) is 22.5 Å². The highest BCUT2D eigenvalue weighted by Gasteiger charge is 2.29. The highest BCUT2D eigenvalue weighted by atomic mass is 16.6. The summed E-state index contributed by atoms with van der Waals surface area (Å²) >= 11 is 0. The molecule has 1 aliphatic heterocycles. The van der Waals surface area contributed by atoms with Gasteiger partial charge in [-0.1, -0.05) is 12.1 Å². The fraction of sp³-hybridized carbons (Fsp3) is 0.471. The first-order chi connectivity index (χ1) is 10.3. The molecule has 0 radical (unpaired) electrons. The van der Waals surface area contributed by atoms with Gasteiger partial charge in [-0.15, -0.1) is 0 Å². The summed E-state index contributed by atoms with van der Waals surface area (Å²) in [6.07, 6.45) is -0.359. The van der Waals surface area contributed by atoms with E-state index in [0.29, 0.717) is 13.1 Å². The first-order valence-corrected chi connectivity index (χ1v) is 7.28. The second-order valence-corrected chi connectivity index (χ2v) is 6.31. The van der Waals surface area contributed by atoms with E-state index in [1.807, 2.05) is 45.0 Å². The van der Waals surface area contributed by atoms with Gasteiger partial charge in [-0.3, -0.25) is 4.90 Å². The van der Waals surface area contributed by atoms with Crippen molar-refractivity contribution in [1.29, 1.82) is 0 Å². The standard InChI is InChI=1S/C17H23NO4/c1-17(2,3)22-16(20)18-9-13(11-19)15(10-18)12-5-7-14(21-4)8-6-12/h5-8,19H,9-11H2,1-4H3. The molecule has 0 fully saturated rings. The normalized spacial score (nSPS) is 15.2. The van der Waals surface area contributed by atoms with Gasteiger partial charge in [0.15, 0.2) is 0 Å². The zero-order valence-electron chi connectivity index (χ0n) is 13.5. The number of ether oxygens (including phenoxy) is 2. The van der Waals surface area contributed by atoms with E-state index in [4.69, 9.17) is 9.47 Å². The first-order valence-electron chi connectivity index (χ1n) is 7.28. The molecule has 0 saturated carbocycles. The fourth-order valence-electron chi connectivity index (χ4n) is 2.37. The van der Waals surface area contributed by atoms with Crippen LogP contribution in [0.25, 0.3) is 5.57 Å². The molecule has 5 nitrogen and oxygen atoms in total. The van der Waals surface area contributed by atoms with Gasteiger partial charge in [-0.05, 0) is 49.6 Å². The highest BCUT2D eigenvalue weighted by Crippen LogP contribution is 2.29. The van der Waals surface area contributed by atoms with Crippen LogP contribution in [0, 0.1) is 0 Å². The number of aliphatic hydroxyl groups is 1. The molecule has 0 unspecified atom stereocenters. The highest BCUT2D eigenvalue weighted by molar-refractivity contribution is 5.80. The fourth-order valence-corrected chi connectivity index (χ4v) is 2.37. The molecule has 0 spiro atoms. The average molecular weight is 305 g/mol. The molecule has 5 heteroatoms. The molecule has 1 aromatic carbocycles. The number of hydrogen-bond donors (Lipinski definition) is 1. The van der Waals surface area contributed by atoms with Crippen molar-refractivity contribution < 1.29 is 19.4 Å². The number of nitrogens with zero attached hydrogens (tertiary/aromatic N) is 1. The number of aliphatic hydroxyl groups excluding tert-OH is 1. The Bertz CT molecular complexity index is 569. The van der Waals surface area contributed by atoms with Gasteiger partial charge in [0.2, 0.25) is 0 Å². The van der Waals surface area contributed by atoms with Gasteiger partial charge >= 0.3 is 6.09 Å². The van der Waals surface area contributed by atoms with Crippen LogP contribution in [-0.4, -0.2) is 48.5 Å². The summed E-state index contributed by atoms with van der Waals surface area (Å²) in [6.45, 7) is 6.29. The maximum Gasteiger partial charge on any atom is 0.410 e. The van der Waals surface area contributed by atoms with E-state index in [2.05, 4.69) is 0 Å². The summed E-state index contributed by atoms with van der Waals surface area (Å²) in [6, 6.07) is 7.60. The van der Waals surface area contributed by atoms with E-state index in [9.17, 15) is 9.90 Å². The van der Waals surface area contributed by atoms with E-state index < -0.39 is 5.60 Å². The minimum atomic E-state index is -0.528. The smallest absolute Gasteiger partial charge is 0.410 e. The number of carbonyl (C=O) groups is 1. The van der Waals surface area contributed by atoms with E-state index in [1.165, 1.54) is 0 Å². The van der Waals surface area contributed by atoms with E-state index >= 15 is 0 Å². The van der Waals surface area contributed by atoms with Crippen LogP contribution in [0.4, 0.5) is 4.79 Å². The van der Waals surface area contributed by atoms with Crippen molar-refractivity contribution >= 4 is 11.7 Å². The SMILES string of the molecule is COc1ccc(C2=C(CO)CN(C(=O)OC(C)(C)C)C2)cc1. The van der Waals surface area contributed by atoms with Crippen molar-refractivity contribution in [2.24, 2.45) is 0 Å². The van der Waals surface area contributed by atoms with Crippen LogP contribution >= 0.6 is 0 Å². The molecule has 1 N–H and O–H groups in total. The van der Waals surface area contributed by atoms with Crippen LogP contribution < -0.4 is 4.74 Å². The Labute approximate surface area is 131 Å².